The van der Waals surface area contributed by atoms with Gasteiger partial charge >= 0.3 is 0 Å². The Hall–Kier alpha value is -3.02. The minimum Gasteiger partial charge on any atom is -0.394 e. The van der Waals surface area contributed by atoms with Gasteiger partial charge in [-0.15, -0.1) is 0 Å². The number of piperazine rings is 1. The maximum Gasteiger partial charge on any atom is 0.237 e. The van der Waals surface area contributed by atoms with Gasteiger partial charge in [-0.25, -0.2) is 0 Å². The number of nitrogens with zero attached hydrogens (tertiary/aromatic N) is 3. The molecule has 0 saturated carbocycles. The van der Waals surface area contributed by atoms with E-state index in [-0.39, 0.29) is 30.5 Å². The van der Waals surface area contributed by atoms with Crippen molar-refractivity contribution in [2.24, 2.45) is 0 Å². The molecular weight excluding hydrogens is 374 g/mol. The van der Waals surface area contributed by atoms with Crippen LogP contribution in [-0.2, 0) is 11.3 Å². The van der Waals surface area contributed by atoms with Crippen molar-refractivity contribution in [2.45, 2.75) is 24.5 Å². The molecule has 152 valence electrons. The maximum absolute atomic E-state index is 12.8. The highest BCUT2D eigenvalue weighted by Gasteiger charge is 2.53. The Bertz CT molecular complexity index is 1010. The highest BCUT2D eigenvalue weighted by Crippen LogP contribution is 2.43. The summed E-state index contributed by atoms with van der Waals surface area (Å²) in [4.78, 5) is 21.1. The van der Waals surface area contributed by atoms with Gasteiger partial charge in [0, 0.05) is 31.4 Å². The molecule has 2 fully saturated rings. The zero-order valence-corrected chi connectivity index (χ0v) is 16.8. The van der Waals surface area contributed by atoms with Crippen molar-refractivity contribution in [1.29, 1.82) is 0 Å². The number of carbonyl (C=O) groups is 1. The molecule has 2 aromatic carbocycles. The van der Waals surface area contributed by atoms with Gasteiger partial charge in [-0.2, -0.15) is 0 Å². The van der Waals surface area contributed by atoms with E-state index in [1.54, 1.807) is 6.20 Å². The average Bonchev–Trinajstić information content (AvgIpc) is 2.77. The quantitative estimate of drug-likeness (QED) is 0.717. The molecule has 3 atom stereocenters. The second-order valence-corrected chi connectivity index (χ2v) is 8.16. The molecule has 0 radical (unpaired) electrons. The van der Waals surface area contributed by atoms with Gasteiger partial charge in [-0.1, -0.05) is 60.7 Å². The summed E-state index contributed by atoms with van der Waals surface area (Å²) >= 11 is 0. The molecule has 5 heteroatoms. The van der Waals surface area contributed by atoms with E-state index in [4.69, 9.17) is 0 Å². The van der Waals surface area contributed by atoms with Crippen molar-refractivity contribution in [2.75, 3.05) is 19.7 Å². The number of pyridine rings is 1. The minimum absolute atomic E-state index is 0.00402. The van der Waals surface area contributed by atoms with Crippen molar-refractivity contribution in [3.05, 3.63) is 90.3 Å². The van der Waals surface area contributed by atoms with Gasteiger partial charge in [0.25, 0.3) is 0 Å². The number of aromatic nitrogens is 1. The van der Waals surface area contributed by atoms with E-state index in [0.29, 0.717) is 6.54 Å². The molecule has 3 heterocycles. The molecule has 2 aliphatic heterocycles. The first-order chi connectivity index (χ1) is 14.7. The second kappa shape index (κ2) is 8.01. The van der Waals surface area contributed by atoms with Gasteiger partial charge in [0.05, 0.1) is 25.2 Å². The molecule has 1 aromatic heterocycles. The zero-order valence-electron chi connectivity index (χ0n) is 16.8. The lowest BCUT2D eigenvalue weighted by Gasteiger charge is -2.59. The standard InChI is InChI=1S/C25H25N3O2/c29-17-23-25(20-10-8-19(9-11-20)21-7-4-12-26-13-21)22-15-27(16-24(30)28(22)23)14-18-5-2-1-3-6-18/h1-13,22-23,25,29H,14-17H2/t22-,23-,25+/m1/s1. The Morgan fingerprint density at radius 2 is 1.77 bits per heavy atom. The molecule has 0 unspecified atom stereocenters. The average molecular weight is 399 g/mol. The third-order valence-electron chi connectivity index (χ3n) is 6.36. The lowest BCUT2D eigenvalue weighted by atomic mass is 9.73. The van der Waals surface area contributed by atoms with E-state index >= 15 is 0 Å². The summed E-state index contributed by atoms with van der Waals surface area (Å²) in [5.41, 5.74) is 4.60. The number of fused-ring (bicyclic) bond motifs is 1. The van der Waals surface area contributed by atoms with Crippen LogP contribution in [0.5, 0.6) is 0 Å². The number of hydrogen-bond acceptors (Lipinski definition) is 4. The Kier molecular flexibility index (Phi) is 5.07. The van der Waals surface area contributed by atoms with E-state index in [0.717, 1.165) is 24.2 Å². The van der Waals surface area contributed by atoms with Gasteiger partial charge in [0.15, 0.2) is 0 Å². The molecule has 5 rings (SSSR count). The lowest BCUT2D eigenvalue weighted by Crippen LogP contribution is -2.72. The van der Waals surface area contributed by atoms with Crippen LogP contribution in [-0.4, -0.2) is 57.6 Å². The topological polar surface area (TPSA) is 56.7 Å². The molecular formula is C25H25N3O2. The van der Waals surface area contributed by atoms with Crippen molar-refractivity contribution < 1.29 is 9.90 Å². The van der Waals surface area contributed by atoms with E-state index in [1.165, 1.54) is 11.1 Å². The van der Waals surface area contributed by atoms with Gasteiger partial charge in [-0.05, 0) is 28.3 Å². The van der Waals surface area contributed by atoms with Gasteiger partial charge in [-0.3, -0.25) is 14.7 Å². The Morgan fingerprint density at radius 3 is 2.47 bits per heavy atom. The third kappa shape index (κ3) is 3.40. The second-order valence-electron chi connectivity index (χ2n) is 8.16. The van der Waals surface area contributed by atoms with Crippen molar-refractivity contribution in [3.8, 4) is 11.1 Å². The van der Waals surface area contributed by atoms with Crippen molar-refractivity contribution in [1.82, 2.24) is 14.8 Å². The Labute approximate surface area is 176 Å². The predicted octanol–water partition coefficient (Wildman–Crippen LogP) is 2.92. The molecule has 5 nitrogen and oxygen atoms in total. The molecule has 2 saturated heterocycles. The largest absolute Gasteiger partial charge is 0.394 e. The fraction of sp³-hybridized carbons (Fsp3) is 0.280. The monoisotopic (exact) mass is 399 g/mol. The zero-order chi connectivity index (χ0) is 20.5. The normalized spacial score (nSPS) is 23.7. The van der Waals surface area contributed by atoms with Crippen LogP contribution in [0, 0.1) is 0 Å². The Morgan fingerprint density at radius 1 is 0.967 bits per heavy atom. The molecule has 0 spiro atoms. The summed E-state index contributed by atoms with van der Waals surface area (Å²) in [5, 5.41) is 9.99. The summed E-state index contributed by atoms with van der Waals surface area (Å²) in [7, 11) is 0. The predicted molar refractivity (Wildman–Crippen MR) is 116 cm³/mol. The van der Waals surface area contributed by atoms with E-state index in [1.807, 2.05) is 41.4 Å². The molecule has 1 N–H and O–H groups in total. The molecule has 3 aromatic rings. The number of amides is 1. The summed E-state index contributed by atoms with van der Waals surface area (Å²) in [6, 6.07) is 22.7. The van der Waals surface area contributed by atoms with Gasteiger partial charge < -0.3 is 10.0 Å². The first kappa shape index (κ1) is 19.0. The van der Waals surface area contributed by atoms with Crippen LogP contribution in [0.1, 0.15) is 17.0 Å². The van der Waals surface area contributed by atoms with Crippen molar-refractivity contribution in [3.63, 3.8) is 0 Å². The van der Waals surface area contributed by atoms with E-state index < -0.39 is 0 Å². The molecule has 0 aliphatic carbocycles. The first-order valence-corrected chi connectivity index (χ1v) is 10.4. The van der Waals surface area contributed by atoms with Gasteiger partial charge in [0.1, 0.15) is 0 Å². The summed E-state index contributed by atoms with van der Waals surface area (Å²) in [6.45, 7) is 2.00. The smallest absolute Gasteiger partial charge is 0.237 e. The third-order valence-corrected chi connectivity index (χ3v) is 6.36. The van der Waals surface area contributed by atoms with Crippen LogP contribution < -0.4 is 0 Å². The summed E-state index contributed by atoms with van der Waals surface area (Å²) < 4.78 is 0. The molecule has 2 aliphatic rings. The van der Waals surface area contributed by atoms with E-state index in [2.05, 4.69) is 46.3 Å². The minimum atomic E-state index is -0.134. The molecule has 1 amide bonds. The number of aliphatic hydroxyl groups is 1. The number of benzene rings is 2. The SMILES string of the molecule is O=C1CN(Cc2ccccc2)C[C@@H]2[C@H](c3ccc(-c4cccnc4)cc3)[C@@H](CO)N12. The van der Waals surface area contributed by atoms with E-state index in [9.17, 15) is 9.90 Å². The van der Waals surface area contributed by atoms with Crippen LogP contribution in [0.2, 0.25) is 0 Å². The Balaban J connectivity index is 1.36. The highest BCUT2D eigenvalue weighted by molar-refractivity contribution is 5.81. The highest BCUT2D eigenvalue weighted by atomic mass is 16.3. The van der Waals surface area contributed by atoms with Gasteiger partial charge in [0.2, 0.25) is 5.91 Å². The number of rotatable bonds is 5. The molecule has 0 bridgehead atoms. The van der Waals surface area contributed by atoms with Crippen LogP contribution in [0.4, 0.5) is 0 Å². The summed E-state index contributed by atoms with van der Waals surface area (Å²) in [6.07, 6.45) is 3.63. The summed E-state index contributed by atoms with van der Waals surface area (Å²) in [5.74, 6) is 0.268. The van der Waals surface area contributed by atoms with Crippen LogP contribution >= 0.6 is 0 Å². The number of aliphatic hydroxyl groups excluding tert-OH is 1. The fourth-order valence-electron chi connectivity index (χ4n) is 4.96. The first-order valence-electron chi connectivity index (χ1n) is 10.4. The molecule has 30 heavy (non-hydrogen) atoms. The van der Waals surface area contributed by atoms with Crippen molar-refractivity contribution >= 4 is 5.91 Å². The number of carbonyl (C=O) groups excluding carboxylic acids is 1. The number of hydrogen-bond donors (Lipinski definition) is 1. The van der Waals surface area contributed by atoms with Crippen LogP contribution in [0.25, 0.3) is 11.1 Å². The maximum atomic E-state index is 12.8. The van der Waals surface area contributed by atoms with Crippen LogP contribution in [0.15, 0.2) is 79.1 Å². The van der Waals surface area contributed by atoms with Crippen LogP contribution in [0.3, 0.4) is 0 Å². The lowest BCUT2D eigenvalue weighted by molar-refractivity contribution is -0.162. The fourth-order valence-corrected chi connectivity index (χ4v) is 4.96.